The molecule has 2 aliphatic rings. The molecule has 0 spiro atoms. The zero-order chi connectivity index (χ0) is 46.8. The number of allylic oxidation sites excluding steroid dienone is 6. The van der Waals surface area contributed by atoms with Crippen LogP contribution < -0.4 is 10.8 Å². The van der Waals surface area contributed by atoms with Gasteiger partial charge in [0, 0.05) is 53.9 Å². The summed E-state index contributed by atoms with van der Waals surface area (Å²) >= 11 is 0. The first-order valence-corrected chi connectivity index (χ1v) is 25.9. The van der Waals surface area contributed by atoms with E-state index < -0.39 is 68.8 Å². The molecule has 342 valence electrons. The first-order chi connectivity index (χ1) is 29.2. The summed E-state index contributed by atoms with van der Waals surface area (Å²) in [6, 6.07) is 16.1. The molecule has 2 aliphatic heterocycles. The summed E-state index contributed by atoms with van der Waals surface area (Å²) in [5.41, 5.74) is 3.99. The minimum atomic E-state index is -4.59. The van der Waals surface area contributed by atoms with E-state index in [-0.39, 0.29) is 42.1 Å². The Kier molecular flexibility index (Phi) is 14.8. The van der Waals surface area contributed by atoms with Crippen LogP contribution in [-0.4, -0.2) is 93.3 Å². The maximum Gasteiger partial charge on any atom is 0.312 e. The average Bonchev–Trinajstić information content (AvgIpc) is 3.52. The van der Waals surface area contributed by atoms with Crippen molar-refractivity contribution in [3.63, 3.8) is 0 Å². The molecule has 0 atom stereocenters. The number of benzene rings is 3. The van der Waals surface area contributed by atoms with E-state index >= 15 is 0 Å². The second-order valence-corrected chi connectivity index (χ2v) is 22.5. The summed E-state index contributed by atoms with van der Waals surface area (Å²) < 4.78 is 132. The van der Waals surface area contributed by atoms with Crippen LogP contribution in [0.25, 0.3) is 5.57 Å². The monoisotopic (exact) mass is 950 g/mol. The number of aliphatic carboxylic acids is 1. The third-order valence-electron chi connectivity index (χ3n) is 11.2. The summed E-state index contributed by atoms with van der Waals surface area (Å²) in [5.74, 6) is 3.13. The summed E-state index contributed by atoms with van der Waals surface area (Å²) in [4.78, 5) is 12.5. The Labute approximate surface area is 368 Å². The standard InChI is InChI=1S/C42H51N3O14S4/c1-41(2)34-27-32(62(54,55)56)16-18-36(34)44(22-8-24-60(48,49)50)38(41)20-14-30(31-12-7-11-29(26-31)10-5-6-13-40(46)47)15-21-39-42(3,4)35-28-33(63(57,58)59-43)17-19-37(35)45(39)23-9-25-61(51,52)53/h7,11-12,14-21,26-28H,5-6,8-10,13,22-25,43H2,1-4H3,(H3-,46,47,48,49,50,51,52,53,54,55,56)/p+1. The van der Waals surface area contributed by atoms with E-state index in [2.05, 4.69) is 4.28 Å². The number of rotatable bonds is 20. The molecule has 63 heavy (non-hydrogen) atoms. The number of anilines is 1. The molecular weight excluding hydrogens is 899 g/mol. The number of nitrogens with zero attached hydrogens (tertiary/aromatic N) is 2. The van der Waals surface area contributed by atoms with Gasteiger partial charge in [-0.2, -0.15) is 48.4 Å². The molecular formula is C42H52N3O14S4+. The first kappa shape index (κ1) is 49.4. The van der Waals surface area contributed by atoms with Crippen molar-refractivity contribution in [2.24, 2.45) is 5.90 Å². The number of carbonyl (C=O) groups is 1. The predicted octanol–water partition coefficient (Wildman–Crippen LogP) is 5.56. The molecule has 2 heterocycles. The zero-order valence-electron chi connectivity index (χ0n) is 35.1. The summed E-state index contributed by atoms with van der Waals surface area (Å²) in [6.45, 7) is 7.63. The van der Waals surface area contributed by atoms with Crippen LogP contribution in [0.15, 0.2) is 100 Å². The van der Waals surface area contributed by atoms with Crippen molar-refractivity contribution in [3.05, 3.63) is 113 Å². The Morgan fingerprint density at radius 3 is 2.08 bits per heavy atom. The maximum atomic E-state index is 12.7. The number of unbranched alkanes of at least 4 members (excludes halogenated alkanes) is 1. The average molecular weight is 951 g/mol. The van der Waals surface area contributed by atoms with Gasteiger partial charge in [0.2, 0.25) is 5.69 Å². The van der Waals surface area contributed by atoms with Gasteiger partial charge in [0.25, 0.3) is 30.4 Å². The molecule has 0 bridgehead atoms. The van der Waals surface area contributed by atoms with Crippen LogP contribution >= 0.6 is 0 Å². The number of fused-ring (bicyclic) bond motifs is 2. The van der Waals surface area contributed by atoms with Crippen molar-refractivity contribution in [1.82, 2.24) is 0 Å². The number of carboxylic acids is 1. The number of nitrogens with two attached hydrogens (primary N) is 1. The number of aryl methyl sites for hydroxylation is 1. The van der Waals surface area contributed by atoms with Crippen LogP contribution in [-0.2, 0) is 66.8 Å². The van der Waals surface area contributed by atoms with E-state index in [1.165, 1.54) is 30.3 Å². The predicted molar refractivity (Wildman–Crippen MR) is 237 cm³/mol. The second kappa shape index (κ2) is 18.9. The maximum absolute atomic E-state index is 12.7. The first-order valence-electron chi connectivity index (χ1n) is 19.8. The van der Waals surface area contributed by atoms with Gasteiger partial charge in [0.1, 0.15) is 6.54 Å². The Balaban J connectivity index is 1.70. The van der Waals surface area contributed by atoms with Gasteiger partial charge in [0.05, 0.1) is 26.7 Å². The highest BCUT2D eigenvalue weighted by Crippen LogP contribution is 2.49. The number of hydrogen-bond donors (Lipinski definition) is 5. The van der Waals surface area contributed by atoms with Crippen molar-refractivity contribution < 1.29 is 66.1 Å². The highest BCUT2D eigenvalue weighted by atomic mass is 32.2. The molecule has 3 aromatic rings. The summed E-state index contributed by atoms with van der Waals surface area (Å²) in [6.07, 6.45) is 8.99. The molecule has 0 saturated heterocycles. The number of carboxylic acid groups (broad SMARTS) is 1. The fraction of sp³-hybridized carbons (Fsp3) is 0.381. The highest BCUT2D eigenvalue weighted by Gasteiger charge is 2.45. The van der Waals surface area contributed by atoms with Gasteiger partial charge >= 0.3 is 16.1 Å². The quantitative estimate of drug-likeness (QED) is 0.0305. The molecule has 0 unspecified atom stereocenters. The SMILES string of the molecule is CC1(C)C(/C=C/C(=C/C=C2/N(CCCS(=O)(=O)O)c3ccc(S(=O)(=O)ON)cc3C2(C)C)c2cccc(CCCCC(=O)O)c2)=[N+](CCCS(=O)(=O)O)c2ccc(S(=O)(=O)O)cc21. The van der Waals surface area contributed by atoms with Gasteiger partial charge in [0.15, 0.2) is 5.71 Å². The lowest BCUT2D eigenvalue weighted by atomic mass is 9.81. The number of hydrogen-bond acceptors (Lipinski definition) is 12. The third-order valence-corrected chi connectivity index (χ3v) is 14.8. The normalized spacial score (nSPS) is 17.2. The molecule has 3 aromatic carbocycles. The Hall–Kier alpha value is -4.58. The van der Waals surface area contributed by atoms with Crippen LogP contribution in [0.5, 0.6) is 0 Å². The lowest BCUT2D eigenvalue weighted by Gasteiger charge is -2.27. The highest BCUT2D eigenvalue weighted by molar-refractivity contribution is 7.87. The van der Waals surface area contributed by atoms with Crippen molar-refractivity contribution in [3.8, 4) is 0 Å². The molecule has 0 saturated carbocycles. The van der Waals surface area contributed by atoms with Crippen molar-refractivity contribution >= 4 is 69.1 Å². The van der Waals surface area contributed by atoms with Crippen molar-refractivity contribution in [1.29, 1.82) is 0 Å². The third kappa shape index (κ3) is 12.0. The molecule has 21 heteroatoms. The molecule has 0 aliphatic carbocycles. The van der Waals surface area contributed by atoms with Crippen LogP contribution in [0.1, 0.15) is 82.1 Å². The molecule has 0 radical (unpaired) electrons. The molecule has 0 aromatic heterocycles. The fourth-order valence-electron chi connectivity index (χ4n) is 8.07. The van der Waals surface area contributed by atoms with E-state index in [9.17, 15) is 52.1 Å². The van der Waals surface area contributed by atoms with Crippen LogP contribution in [0.4, 0.5) is 11.4 Å². The van der Waals surface area contributed by atoms with Crippen molar-refractivity contribution in [2.45, 2.75) is 86.8 Å². The Morgan fingerprint density at radius 1 is 0.794 bits per heavy atom. The van der Waals surface area contributed by atoms with E-state index in [1.807, 2.05) is 85.7 Å². The zero-order valence-corrected chi connectivity index (χ0v) is 38.4. The molecule has 6 N–H and O–H groups in total. The van der Waals surface area contributed by atoms with Crippen molar-refractivity contribution in [2.75, 3.05) is 29.5 Å². The minimum absolute atomic E-state index is 0.00788. The van der Waals surface area contributed by atoms with E-state index in [1.54, 1.807) is 6.07 Å². The molecule has 0 amide bonds. The second-order valence-electron chi connectivity index (χ2n) is 16.4. The van der Waals surface area contributed by atoms with Crippen LogP contribution in [0.3, 0.4) is 0 Å². The summed E-state index contributed by atoms with van der Waals surface area (Å²) in [7, 11) is -17.5. The minimum Gasteiger partial charge on any atom is -0.481 e. The van der Waals surface area contributed by atoms with Gasteiger partial charge < -0.3 is 10.0 Å². The van der Waals surface area contributed by atoms with Gasteiger partial charge in [-0.15, -0.1) is 0 Å². The van der Waals surface area contributed by atoms with Gasteiger partial charge in [-0.1, -0.05) is 44.2 Å². The van der Waals surface area contributed by atoms with Crippen LogP contribution in [0.2, 0.25) is 0 Å². The van der Waals surface area contributed by atoms with E-state index in [0.717, 1.165) is 11.1 Å². The van der Waals surface area contributed by atoms with E-state index in [4.69, 9.17) is 11.0 Å². The Morgan fingerprint density at radius 2 is 1.44 bits per heavy atom. The largest absolute Gasteiger partial charge is 0.481 e. The Bertz CT molecular complexity index is 2860. The topological polar surface area (TPSA) is 276 Å². The summed E-state index contributed by atoms with van der Waals surface area (Å²) in [5, 5.41) is 9.15. The lowest BCUT2D eigenvalue weighted by Crippen LogP contribution is -2.28. The van der Waals surface area contributed by atoms with Gasteiger partial charge in [-0.3, -0.25) is 18.5 Å². The van der Waals surface area contributed by atoms with Gasteiger partial charge in [-0.25, -0.2) is 0 Å². The molecule has 5 rings (SSSR count). The molecule has 0 fully saturated rings. The van der Waals surface area contributed by atoms with E-state index in [0.29, 0.717) is 58.7 Å². The molecule has 17 nitrogen and oxygen atoms in total. The fourth-order valence-corrected chi connectivity index (χ4v) is 10.2. The van der Waals surface area contributed by atoms with Gasteiger partial charge in [-0.05, 0) is 104 Å². The lowest BCUT2D eigenvalue weighted by molar-refractivity contribution is -0.437. The smallest absolute Gasteiger partial charge is 0.312 e. The van der Waals surface area contributed by atoms with Crippen LogP contribution in [0, 0.1) is 0 Å².